The van der Waals surface area contributed by atoms with Crippen molar-refractivity contribution in [1.82, 2.24) is 96.1 Å². The number of aromatic nitrogens is 19. The monoisotopic (exact) mass is 1360 g/mol. The van der Waals surface area contributed by atoms with Crippen molar-refractivity contribution in [2.45, 2.75) is 208 Å². The highest BCUT2D eigenvalue weighted by Crippen LogP contribution is 2.09. The number of aryl methyl sites for hydroxylation is 15. The second kappa shape index (κ2) is 81.1. The lowest BCUT2D eigenvalue weighted by Gasteiger charge is -1.82. The van der Waals surface area contributed by atoms with Crippen molar-refractivity contribution < 1.29 is 13.5 Å². The molecule has 11 aromatic rings. The van der Waals surface area contributed by atoms with Crippen LogP contribution in [-0.4, -0.2) is 121 Å². The Morgan fingerprint density at radius 1 is 0.411 bits per heavy atom. The van der Waals surface area contributed by atoms with Gasteiger partial charge in [-0.1, -0.05) is 123 Å². The predicted octanol–water partition coefficient (Wildman–Crippen LogP) is 18.7. The molecule has 95 heavy (non-hydrogen) atoms. The van der Waals surface area contributed by atoms with E-state index in [1.807, 2.05) is 267 Å². The highest BCUT2D eigenvalue weighted by Gasteiger charge is 1.97. The van der Waals surface area contributed by atoms with E-state index in [1.54, 1.807) is 90.2 Å². The van der Waals surface area contributed by atoms with E-state index in [1.165, 1.54) is 38.5 Å². The average Bonchev–Trinajstić information content (AvgIpc) is 4.50. The summed E-state index contributed by atoms with van der Waals surface area (Å²) in [7, 11) is 3.64. The zero-order valence-electron chi connectivity index (χ0n) is 64.0. The zero-order chi connectivity index (χ0) is 74.5. The van der Waals surface area contributed by atoms with Crippen LogP contribution in [0.15, 0.2) is 147 Å². The van der Waals surface area contributed by atoms with Crippen LogP contribution in [0.3, 0.4) is 0 Å². The van der Waals surface area contributed by atoms with Crippen molar-refractivity contribution in [3.63, 3.8) is 0 Å². The minimum Gasteiger partial charge on any atom is -0.449 e. The van der Waals surface area contributed by atoms with Crippen LogP contribution in [0.25, 0.3) is 0 Å². The Balaban J connectivity index is -0.000000142. The van der Waals surface area contributed by atoms with Gasteiger partial charge in [-0.25, -0.2) is 19.9 Å². The quantitative estimate of drug-likeness (QED) is 0.119. The molecule has 26 heteroatoms. The van der Waals surface area contributed by atoms with E-state index in [4.69, 9.17) is 8.83 Å². The number of rotatable bonds is 0. The summed E-state index contributed by atoms with van der Waals surface area (Å²) < 4.78 is 11.4. The van der Waals surface area contributed by atoms with Crippen LogP contribution in [0.2, 0.25) is 0 Å². The maximum absolute atomic E-state index is 4.85. The summed E-state index contributed by atoms with van der Waals surface area (Å²) >= 11 is 3.39. The maximum atomic E-state index is 4.85. The molecule has 11 aromatic heterocycles. The third-order valence-corrected chi connectivity index (χ3v) is 10.9. The molecule has 12 heterocycles. The van der Waals surface area contributed by atoms with Crippen molar-refractivity contribution in [2.24, 2.45) is 17.4 Å². The van der Waals surface area contributed by atoms with Gasteiger partial charge in [-0.2, -0.15) is 61.2 Å². The zero-order valence-corrected chi connectivity index (χ0v) is 65.7. The molecule has 0 atom stereocenters. The van der Waals surface area contributed by atoms with Gasteiger partial charge in [0.15, 0.2) is 12.8 Å². The number of oxazole rings is 2. The number of nitrogens with one attached hydrogen (secondary N) is 3. The van der Waals surface area contributed by atoms with Gasteiger partial charge in [-0.15, -0.1) is 27.4 Å². The van der Waals surface area contributed by atoms with E-state index < -0.39 is 0 Å². The number of nitrogens with zero attached hydrogens (tertiary/aromatic N) is 19. The first-order chi connectivity index (χ1) is 45.9. The third-order valence-electron chi connectivity index (χ3n) is 9.18. The normalized spacial score (nSPS) is 8.61. The van der Waals surface area contributed by atoms with Gasteiger partial charge < -0.3 is 8.83 Å². The molecule has 12 rings (SSSR count). The Morgan fingerprint density at radius 3 is 0.937 bits per heavy atom. The fraction of sp³-hybridized carbons (Fsp3) is 0.478. The molecule has 0 saturated carbocycles. The van der Waals surface area contributed by atoms with E-state index in [0.29, 0.717) is 0 Å². The second-order valence-corrected chi connectivity index (χ2v) is 18.1. The molecule has 0 amide bonds. The van der Waals surface area contributed by atoms with Crippen LogP contribution in [0.4, 0.5) is 0 Å². The summed E-state index contributed by atoms with van der Waals surface area (Å²) in [6.07, 6.45) is 22.0. The van der Waals surface area contributed by atoms with Crippen LogP contribution in [0.5, 0.6) is 0 Å². The lowest BCUT2D eigenvalue weighted by Crippen LogP contribution is -1.90. The topological polar surface area (TPSA) is 300 Å². The highest BCUT2D eigenvalue weighted by molar-refractivity contribution is 7.09. The van der Waals surface area contributed by atoms with Gasteiger partial charge in [0.1, 0.15) is 30.0 Å². The Bertz CT molecular complexity index is 2670. The molecule has 0 unspecified atom stereocenters. The minimum absolute atomic E-state index is 0.747. The molecule has 1 aliphatic rings. The highest BCUT2D eigenvalue weighted by atomic mass is 32.1. The summed E-state index contributed by atoms with van der Waals surface area (Å²) in [5, 5.41) is 43.8. The van der Waals surface area contributed by atoms with Crippen LogP contribution in [0, 0.1) is 96.9 Å². The van der Waals surface area contributed by atoms with Gasteiger partial charge in [-0.3, -0.25) is 15.0 Å². The molecular weight excluding hydrogens is 1230 g/mol. The van der Waals surface area contributed by atoms with Gasteiger partial charge in [0.25, 0.3) is 0 Å². The fourth-order valence-corrected chi connectivity index (χ4v) is 5.34. The molecule has 0 radical (unpaired) electrons. The largest absolute Gasteiger partial charge is 0.449 e. The van der Waals surface area contributed by atoms with Crippen molar-refractivity contribution in [3.8, 4) is 0 Å². The van der Waals surface area contributed by atoms with Crippen molar-refractivity contribution in [2.75, 3.05) is 13.6 Å². The number of hydrogen-bond donors (Lipinski definition) is 3. The summed E-state index contributed by atoms with van der Waals surface area (Å²) in [5.41, 5.74) is 14.3. The first-order valence-electron chi connectivity index (χ1n) is 32.2. The van der Waals surface area contributed by atoms with Crippen molar-refractivity contribution in [1.29, 1.82) is 0 Å². The van der Waals surface area contributed by atoms with E-state index in [0.717, 1.165) is 63.6 Å². The molecule has 532 valence electrons. The Hall–Kier alpha value is -9.04. The van der Waals surface area contributed by atoms with Crippen LogP contribution < -0.4 is 0 Å². The Morgan fingerprint density at radius 2 is 0.821 bits per heavy atom. The predicted molar refractivity (Wildman–Crippen MR) is 399 cm³/mol. The van der Waals surface area contributed by atoms with Crippen LogP contribution >= 0.6 is 22.7 Å². The molecule has 0 bridgehead atoms. The van der Waals surface area contributed by atoms with Crippen LogP contribution in [-0.2, 0) is 7.05 Å². The van der Waals surface area contributed by atoms with Gasteiger partial charge in [0.2, 0.25) is 6.54 Å². The molecule has 0 spiro atoms. The summed E-state index contributed by atoms with van der Waals surface area (Å²) in [4.78, 5) is 31.6. The lowest BCUT2D eigenvalue weighted by molar-refractivity contribution is -0.500. The molecule has 0 aliphatic carbocycles. The minimum atomic E-state index is 0.747. The molecule has 0 fully saturated rings. The first-order valence-corrected chi connectivity index (χ1v) is 33.9. The van der Waals surface area contributed by atoms with Crippen molar-refractivity contribution in [3.05, 3.63) is 206 Å². The molecular formula is C69H123N22O2S2+. The smallest absolute Gasteiger partial charge is 0.212 e. The fourth-order valence-electron chi connectivity index (χ4n) is 4.15. The van der Waals surface area contributed by atoms with Gasteiger partial charge in [0, 0.05) is 58.6 Å². The third kappa shape index (κ3) is 72.3. The first kappa shape index (κ1) is 102. The molecule has 0 aromatic carbocycles. The van der Waals surface area contributed by atoms with E-state index in [-0.39, 0.29) is 0 Å². The summed E-state index contributed by atoms with van der Waals surface area (Å²) in [5.74, 6) is 1.81. The Labute approximate surface area is 580 Å². The van der Waals surface area contributed by atoms with Crippen molar-refractivity contribution >= 4 is 28.9 Å². The molecule has 1 aliphatic heterocycles. The second-order valence-electron chi connectivity index (χ2n) is 16.0. The maximum Gasteiger partial charge on any atom is 0.212 e. The molecule has 3 N–H and O–H groups in total. The number of thiazole rings is 2. The van der Waals surface area contributed by atoms with Gasteiger partial charge in [0.05, 0.1) is 81.9 Å². The average molecular weight is 1360 g/mol. The van der Waals surface area contributed by atoms with E-state index in [9.17, 15) is 0 Å². The van der Waals surface area contributed by atoms with Gasteiger partial charge in [-0.05, 0) is 138 Å². The van der Waals surface area contributed by atoms with Crippen LogP contribution in [0.1, 0.15) is 189 Å². The number of pyridine rings is 3. The number of H-pyrrole nitrogens is 3. The van der Waals surface area contributed by atoms with E-state index in [2.05, 4.69) is 116 Å². The standard InChI is InChI=1S/3C6H7N.2C5H7NO.2C5H7NS.C3H6N3.4C3H5N3.8C2H6/c1-6-2-4-7-5-3-6;1-6-3-2-4-7-5-6;1-6-4-2-3-5-7-6;4*1-4-5(2)7-3-6-4;1-6-3-2-4-5-6;1-6-4-2-3-5-6;3*1-3-2-4-6-5-3;8*1-2/h3*2-5H,1H3;4*3H,1-2H3;3H,2H2,1H3;2-3H,1H3;3*2H,1H3,(H,4,5,6);8*1-2H3/q;;;;;;;+1;;;;;;;;;;;;. The summed E-state index contributed by atoms with van der Waals surface area (Å²) in [6, 6.07) is 13.7. The summed E-state index contributed by atoms with van der Waals surface area (Å²) in [6.45, 7) is 60.2. The molecule has 24 nitrogen and oxygen atoms in total. The number of aromatic amines is 3. The molecule has 0 saturated heterocycles. The van der Waals surface area contributed by atoms with E-state index >= 15 is 0 Å². The number of hydrogen-bond acceptors (Lipinski definition) is 21. The lowest BCUT2D eigenvalue weighted by atomic mass is 10.3. The van der Waals surface area contributed by atoms with Gasteiger partial charge >= 0.3 is 0 Å². The SMILES string of the molecule is CC.CC.CC.CC.CC.CC.CC.CC.C[N+]1=CCN=N1.Cc1ccccn1.Cc1cccnc1.Cc1ccncc1.Cc1cn[nH]n1.Cc1cn[nH]n1.Cc1cn[nH]n1.Cc1ncoc1C.Cc1ncoc1C.Cc1ncsc1C.Cc1ncsc1C.Cn1nccn1. The Kier molecular flexibility index (Phi) is 87.1.